The summed E-state index contributed by atoms with van der Waals surface area (Å²) in [7, 11) is -3.66. The van der Waals surface area contributed by atoms with Crippen molar-refractivity contribution >= 4 is 33.2 Å². The first-order valence-corrected chi connectivity index (χ1v) is 13.8. The van der Waals surface area contributed by atoms with Gasteiger partial charge in [0, 0.05) is 37.2 Å². The van der Waals surface area contributed by atoms with Gasteiger partial charge in [0.2, 0.25) is 16.0 Å². The number of hydrogen-bond donors (Lipinski definition) is 3. The molecule has 196 valence electrons. The van der Waals surface area contributed by atoms with Crippen LogP contribution in [0.3, 0.4) is 0 Å². The predicted molar refractivity (Wildman–Crippen MR) is 140 cm³/mol. The first kappa shape index (κ1) is 25.5. The number of aryl methyl sites for hydroxylation is 1. The second-order valence-corrected chi connectivity index (χ2v) is 11.7. The van der Waals surface area contributed by atoms with Crippen LogP contribution in [0.25, 0.3) is 0 Å². The zero-order valence-corrected chi connectivity index (χ0v) is 21.5. The van der Waals surface area contributed by atoms with Gasteiger partial charge in [-0.3, -0.25) is 0 Å². The highest BCUT2D eigenvalue weighted by molar-refractivity contribution is 7.89. The van der Waals surface area contributed by atoms with Crippen molar-refractivity contribution in [2.75, 3.05) is 43.4 Å². The lowest BCUT2D eigenvalue weighted by Crippen LogP contribution is -2.54. The minimum absolute atomic E-state index is 0.203. The van der Waals surface area contributed by atoms with Gasteiger partial charge in [-0.15, -0.1) is 0 Å². The molecule has 0 saturated carbocycles. The quantitative estimate of drug-likeness (QED) is 0.408. The zero-order chi connectivity index (χ0) is 26.0. The number of hydrogen-bond acceptors (Lipinski definition) is 8. The van der Waals surface area contributed by atoms with Crippen LogP contribution >= 0.6 is 0 Å². The Morgan fingerprint density at radius 2 is 1.70 bits per heavy atom. The van der Waals surface area contributed by atoms with Gasteiger partial charge in [-0.1, -0.05) is 0 Å². The second-order valence-electron chi connectivity index (χ2n) is 9.76. The van der Waals surface area contributed by atoms with Gasteiger partial charge in [-0.05, 0) is 93.4 Å². The van der Waals surface area contributed by atoms with Gasteiger partial charge >= 0.3 is 0 Å². The molecule has 0 unspecified atom stereocenters. The minimum Gasteiger partial charge on any atom is -0.388 e. The Morgan fingerprint density at radius 3 is 2.35 bits per heavy atom. The lowest BCUT2D eigenvalue weighted by Gasteiger charge is -2.43. The fourth-order valence-electron chi connectivity index (χ4n) is 4.60. The summed E-state index contributed by atoms with van der Waals surface area (Å²) in [5, 5.41) is 17.1. The highest BCUT2D eigenvalue weighted by Crippen LogP contribution is 2.29. The number of anilines is 4. The Morgan fingerprint density at radius 1 is 1.00 bits per heavy atom. The number of nitrogens with one attached hydrogen (secondary N) is 2. The molecule has 9 nitrogen and oxygen atoms in total. The van der Waals surface area contributed by atoms with E-state index in [4.69, 9.17) is 0 Å². The molecular formula is C26H31FN6O3S. The van der Waals surface area contributed by atoms with E-state index in [0.29, 0.717) is 61.2 Å². The number of aromatic nitrogens is 2. The summed E-state index contributed by atoms with van der Waals surface area (Å²) in [6, 6.07) is 12.9. The average molecular weight is 527 g/mol. The molecule has 3 aromatic rings. The van der Waals surface area contributed by atoms with Crippen LogP contribution in [0.4, 0.5) is 27.5 Å². The van der Waals surface area contributed by atoms with Crippen LogP contribution in [0.5, 0.6) is 0 Å². The van der Waals surface area contributed by atoms with Crippen molar-refractivity contribution in [2.45, 2.75) is 36.7 Å². The zero-order valence-electron chi connectivity index (χ0n) is 20.7. The van der Waals surface area contributed by atoms with E-state index in [1.54, 1.807) is 55.6 Å². The molecule has 0 aliphatic carbocycles. The number of β-amino-alcohol motifs (C(OH)–C–C–N with tert-alkyl or cyclic N) is 1. The van der Waals surface area contributed by atoms with Crippen molar-refractivity contribution < 1.29 is 17.9 Å². The average Bonchev–Trinajstić information content (AvgIpc) is 2.85. The summed E-state index contributed by atoms with van der Waals surface area (Å²) in [6.07, 6.45) is 3.61. The highest BCUT2D eigenvalue weighted by Gasteiger charge is 2.38. The van der Waals surface area contributed by atoms with E-state index in [1.165, 1.54) is 10.4 Å². The number of likely N-dealkylation sites (tertiary alicyclic amines) is 1. The molecule has 2 aliphatic rings. The third-order valence-corrected chi connectivity index (χ3v) is 8.87. The van der Waals surface area contributed by atoms with Crippen LogP contribution in [0.2, 0.25) is 0 Å². The maximum absolute atomic E-state index is 13.5. The molecule has 2 fully saturated rings. The summed E-state index contributed by atoms with van der Waals surface area (Å²) >= 11 is 0. The molecule has 2 aliphatic heterocycles. The van der Waals surface area contributed by atoms with Crippen LogP contribution < -0.4 is 10.6 Å². The molecular weight excluding hydrogens is 495 g/mol. The third kappa shape index (κ3) is 5.90. The number of nitrogens with zero attached hydrogens (tertiary/aromatic N) is 4. The van der Waals surface area contributed by atoms with E-state index in [-0.39, 0.29) is 10.7 Å². The number of aliphatic hydroxyl groups is 1. The van der Waals surface area contributed by atoms with E-state index in [2.05, 4.69) is 25.5 Å². The summed E-state index contributed by atoms with van der Waals surface area (Å²) in [6.45, 7) is 4.91. The molecule has 2 aromatic carbocycles. The smallest absolute Gasteiger partial charge is 0.243 e. The van der Waals surface area contributed by atoms with Crippen LogP contribution in [-0.2, 0) is 10.0 Å². The normalized spacial score (nSPS) is 18.2. The third-order valence-electron chi connectivity index (χ3n) is 6.95. The molecule has 2 saturated heterocycles. The summed E-state index contributed by atoms with van der Waals surface area (Å²) in [5.41, 5.74) is 1.05. The SMILES string of the molecule is Cc1cc(Nc2ccnc(Nc3ccc(S(=O)(=O)N4CCC(O)(CN5CCC5)CC4)cc3)n2)ccc1F. The summed E-state index contributed by atoms with van der Waals surface area (Å²) in [5.74, 6) is 0.587. The minimum atomic E-state index is -3.66. The van der Waals surface area contributed by atoms with Gasteiger partial charge in [0.05, 0.1) is 10.5 Å². The van der Waals surface area contributed by atoms with Crippen LogP contribution in [0.15, 0.2) is 59.6 Å². The van der Waals surface area contributed by atoms with E-state index in [0.717, 1.165) is 19.5 Å². The topological polar surface area (TPSA) is 111 Å². The lowest BCUT2D eigenvalue weighted by atomic mass is 9.91. The Hall–Kier alpha value is -3.12. The fraction of sp³-hybridized carbons (Fsp3) is 0.385. The van der Waals surface area contributed by atoms with Crippen LogP contribution in [0, 0.1) is 12.7 Å². The van der Waals surface area contributed by atoms with E-state index >= 15 is 0 Å². The molecule has 0 atom stereocenters. The predicted octanol–water partition coefficient (Wildman–Crippen LogP) is 3.63. The molecule has 3 N–H and O–H groups in total. The first-order chi connectivity index (χ1) is 17.7. The highest BCUT2D eigenvalue weighted by atomic mass is 32.2. The summed E-state index contributed by atoms with van der Waals surface area (Å²) in [4.78, 5) is 11.1. The van der Waals surface area contributed by atoms with E-state index in [1.807, 2.05) is 0 Å². The summed E-state index contributed by atoms with van der Waals surface area (Å²) < 4.78 is 41.3. The fourth-order valence-corrected chi connectivity index (χ4v) is 6.05. The number of sulfonamides is 1. The number of piperidine rings is 1. The van der Waals surface area contributed by atoms with Crippen molar-refractivity contribution in [3.63, 3.8) is 0 Å². The Bertz CT molecular complexity index is 1360. The van der Waals surface area contributed by atoms with Crippen molar-refractivity contribution in [3.05, 3.63) is 66.1 Å². The van der Waals surface area contributed by atoms with Crippen molar-refractivity contribution in [1.82, 2.24) is 19.2 Å². The molecule has 0 spiro atoms. The van der Waals surface area contributed by atoms with Gasteiger partial charge in [-0.2, -0.15) is 9.29 Å². The maximum Gasteiger partial charge on any atom is 0.243 e. The Balaban J connectivity index is 1.21. The Labute approximate surface area is 216 Å². The maximum atomic E-state index is 13.5. The number of halogens is 1. The van der Waals surface area contributed by atoms with Gasteiger partial charge in [-0.25, -0.2) is 17.8 Å². The Kier molecular flexibility index (Phi) is 7.13. The van der Waals surface area contributed by atoms with Crippen molar-refractivity contribution in [3.8, 4) is 0 Å². The van der Waals surface area contributed by atoms with Crippen LogP contribution in [0.1, 0.15) is 24.8 Å². The van der Waals surface area contributed by atoms with Crippen molar-refractivity contribution in [1.29, 1.82) is 0 Å². The number of rotatable bonds is 8. The molecule has 5 rings (SSSR count). The lowest BCUT2D eigenvalue weighted by molar-refractivity contribution is -0.0450. The van der Waals surface area contributed by atoms with Gasteiger partial charge in [0.1, 0.15) is 11.6 Å². The second kappa shape index (κ2) is 10.3. The van der Waals surface area contributed by atoms with E-state index < -0.39 is 15.6 Å². The molecule has 0 bridgehead atoms. The first-order valence-electron chi connectivity index (χ1n) is 12.4. The molecule has 37 heavy (non-hydrogen) atoms. The molecule has 1 aromatic heterocycles. The molecule has 0 amide bonds. The monoisotopic (exact) mass is 526 g/mol. The largest absolute Gasteiger partial charge is 0.388 e. The van der Waals surface area contributed by atoms with Gasteiger partial charge < -0.3 is 20.6 Å². The number of benzene rings is 2. The van der Waals surface area contributed by atoms with Gasteiger partial charge in [0.25, 0.3) is 0 Å². The van der Waals surface area contributed by atoms with E-state index in [9.17, 15) is 17.9 Å². The van der Waals surface area contributed by atoms with Crippen LogP contribution in [-0.4, -0.2) is 71.0 Å². The van der Waals surface area contributed by atoms with Gasteiger partial charge in [0.15, 0.2) is 0 Å². The molecule has 0 radical (unpaired) electrons. The molecule has 3 heterocycles. The standard InChI is InChI=1S/C26H31FN6O3S/c1-19-17-21(5-8-23(19)27)29-24-9-12-28-25(31-24)30-20-3-6-22(7-4-20)37(35,36)33-15-10-26(34,11-16-33)18-32-13-2-14-32/h3-9,12,17,34H,2,10-11,13-16,18H2,1H3,(H2,28,29,30,31). The molecule has 11 heteroatoms. The van der Waals surface area contributed by atoms with Crippen molar-refractivity contribution in [2.24, 2.45) is 0 Å².